The van der Waals surface area contributed by atoms with E-state index in [0.717, 1.165) is 31.7 Å². The number of ether oxygens (including phenoxy) is 1. The van der Waals surface area contributed by atoms with Crippen LogP contribution in [0.5, 0.6) is 0 Å². The average Bonchev–Trinajstić information content (AvgIpc) is 3.18. The molecule has 2 aromatic rings. The van der Waals surface area contributed by atoms with Crippen LogP contribution in [0.1, 0.15) is 15.9 Å². The molecule has 1 N–H and O–H groups in total. The van der Waals surface area contributed by atoms with E-state index in [1.807, 2.05) is 29.2 Å². The second-order valence-electron chi connectivity index (χ2n) is 7.20. The molecule has 1 saturated heterocycles. The van der Waals surface area contributed by atoms with Crippen LogP contribution in [0.2, 0.25) is 0 Å². The lowest BCUT2D eigenvalue weighted by Gasteiger charge is -2.26. The van der Waals surface area contributed by atoms with Gasteiger partial charge in [0.05, 0.1) is 18.1 Å². The van der Waals surface area contributed by atoms with Crippen molar-refractivity contribution in [2.24, 2.45) is 0 Å². The lowest BCUT2D eigenvalue weighted by molar-refractivity contribution is -0.384. The Kier molecular flexibility index (Phi) is 5.73. The molecule has 2 aliphatic heterocycles. The molecule has 0 radical (unpaired) electrons. The molecule has 4 rings (SSSR count). The number of rotatable bonds is 6. The zero-order chi connectivity index (χ0) is 20.2. The number of hydrogen-bond donors (Lipinski definition) is 1. The summed E-state index contributed by atoms with van der Waals surface area (Å²) in [7, 11) is 0. The first kappa shape index (κ1) is 19.4. The van der Waals surface area contributed by atoms with Crippen LogP contribution in [-0.4, -0.2) is 61.7 Å². The Balaban J connectivity index is 1.47. The first-order chi connectivity index (χ1) is 14.1. The Morgan fingerprint density at radius 1 is 1.10 bits per heavy atom. The molecule has 1 fully saturated rings. The number of nitrogens with zero attached hydrogens (tertiary/aromatic N) is 3. The van der Waals surface area contributed by atoms with Crippen molar-refractivity contribution in [3.63, 3.8) is 0 Å². The number of hydrogen-bond acceptors (Lipinski definition) is 6. The van der Waals surface area contributed by atoms with Crippen molar-refractivity contribution in [2.45, 2.75) is 6.42 Å². The quantitative estimate of drug-likeness (QED) is 0.596. The normalized spacial score (nSPS) is 16.5. The third-order valence-electron chi connectivity index (χ3n) is 5.43. The van der Waals surface area contributed by atoms with Gasteiger partial charge in [0.1, 0.15) is 5.69 Å². The summed E-state index contributed by atoms with van der Waals surface area (Å²) in [6.45, 7) is 5.04. The van der Waals surface area contributed by atoms with E-state index in [-0.39, 0.29) is 11.6 Å². The smallest absolute Gasteiger partial charge is 0.293 e. The molecule has 0 atom stereocenters. The average molecular weight is 396 g/mol. The highest BCUT2D eigenvalue weighted by Gasteiger charge is 2.27. The minimum atomic E-state index is -0.416. The molecule has 0 saturated carbocycles. The Labute approximate surface area is 169 Å². The van der Waals surface area contributed by atoms with Gasteiger partial charge < -0.3 is 15.0 Å². The van der Waals surface area contributed by atoms with Crippen molar-refractivity contribution in [3.8, 4) is 0 Å². The van der Waals surface area contributed by atoms with Gasteiger partial charge in [-0.3, -0.25) is 19.8 Å². The molecule has 152 valence electrons. The van der Waals surface area contributed by atoms with Crippen molar-refractivity contribution >= 4 is 23.0 Å². The van der Waals surface area contributed by atoms with Crippen LogP contribution in [-0.2, 0) is 11.2 Å². The first-order valence-corrected chi connectivity index (χ1v) is 9.85. The van der Waals surface area contributed by atoms with Crippen LogP contribution >= 0.6 is 0 Å². The summed E-state index contributed by atoms with van der Waals surface area (Å²) in [5.74, 6) is -0.297. The highest BCUT2D eigenvalue weighted by atomic mass is 16.6. The summed E-state index contributed by atoms with van der Waals surface area (Å²) in [6, 6.07) is 12.6. The molecule has 0 spiro atoms. The molecule has 2 aromatic carbocycles. The fourth-order valence-electron chi connectivity index (χ4n) is 3.88. The summed E-state index contributed by atoms with van der Waals surface area (Å²) in [6.07, 6.45) is 0.844. The third-order valence-corrected chi connectivity index (χ3v) is 5.43. The summed E-state index contributed by atoms with van der Waals surface area (Å²) < 4.78 is 5.31. The van der Waals surface area contributed by atoms with Crippen molar-refractivity contribution in [1.29, 1.82) is 0 Å². The Morgan fingerprint density at radius 3 is 2.69 bits per heavy atom. The summed E-state index contributed by atoms with van der Waals surface area (Å²) >= 11 is 0. The zero-order valence-corrected chi connectivity index (χ0v) is 16.2. The van der Waals surface area contributed by atoms with Crippen molar-refractivity contribution in [1.82, 2.24) is 10.2 Å². The predicted octanol–water partition coefficient (Wildman–Crippen LogP) is 2.35. The summed E-state index contributed by atoms with van der Waals surface area (Å²) in [5, 5.41) is 14.6. The van der Waals surface area contributed by atoms with E-state index >= 15 is 0 Å². The molecule has 0 unspecified atom stereocenters. The van der Waals surface area contributed by atoms with E-state index in [0.29, 0.717) is 37.6 Å². The van der Waals surface area contributed by atoms with Crippen molar-refractivity contribution in [3.05, 3.63) is 63.7 Å². The molecule has 2 aliphatic rings. The number of carbonyl (C=O) groups excluding carboxylic acids is 1. The second-order valence-corrected chi connectivity index (χ2v) is 7.20. The van der Waals surface area contributed by atoms with Gasteiger partial charge >= 0.3 is 0 Å². The van der Waals surface area contributed by atoms with E-state index in [2.05, 4.69) is 10.2 Å². The minimum absolute atomic E-state index is 0.0532. The number of benzene rings is 2. The molecule has 0 bridgehead atoms. The van der Waals surface area contributed by atoms with Crippen LogP contribution in [0.15, 0.2) is 42.5 Å². The van der Waals surface area contributed by atoms with E-state index < -0.39 is 4.92 Å². The molecule has 2 heterocycles. The lowest BCUT2D eigenvalue weighted by atomic mass is 10.1. The fraction of sp³-hybridized carbons (Fsp3) is 0.381. The van der Waals surface area contributed by atoms with Gasteiger partial charge in [-0.15, -0.1) is 0 Å². The van der Waals surface area contributed by atoms with E-state index in [1.54, 1.807) is 12.1 Å². The number of morpholine rings is 1. The standard InChI is InChI=1S/C21H24N4O4/c26-21(22-8-10-23-11-13-29-14-12-23)17-5-6-19(20(15-17)25(27)28)24-9-7-16-3-1-2-4-18(16)24/h1-6,15H,7-14H2,(H,22,26). The Morgan fingerprint density at radius 2 is 1.90 bits per heavy atom. The number of para-hydroxylation sites is 1. The molecule has 29 heavy (non-hydrogen) atoms. The maximum absolute atomic E-state index is 12.5. The second kappa shape index (κ2) is 8.59. The molecule has 0 aliphatic carbocycles. The largest absolute Gasteiger partial charge is 0.379 e. The number of anilines is 2. The van der Waals surface area contributed by atoms with Gasteiger partial charge in [-0.2, -0.15) is 0 Å². The molecule has 0 aromatic heterocycles. The van der Waals surface area contributed by atoms with Gasteiger partial charge in [0.2, 0.25) is 0 Å². The highest BCUT2D eigenvalue weighted by Crippen LogP contribution is 2.39. The highest BCUT2D eigenvalue weighted by molar-refractivity contribution is 5.96. The topological polar surface area (TPSA) is 88.0 Å². The summed E-state index contributed by atoms with van der Waals surface area (Å²) in [4.78, 5) is 28.0. The van der Waals surface area contributed by atoms with E-state index in [4.69, 9.17) is 4.74 Å². The van der Waals surface area contributed by atoms with Gasteiger partial charge in [-0.05, 0) is 30.2 Å². The van der Waals surface area contributed by atoms with Gasteiger partial charge in [0.15, 0.2) is 0 Å². The molecular formula is C21H24N4O4. The molecule has 8 nitrogen and oxygen atoms in total. The number of nitro groups is 1. The SMILES string of the molecule is O=C(NCCN1CCOCC1)c1ccc(N2CCc3ccccc32)c([N+](=O)[O-])c1. The van der Waals surface area contributed by atoms with Gasteiger partial charge in [0, 0.05) is 50.0 Å². The van der Waals surface area contributed by atoms with E-state index in [1.165, 1.54) is 11.6 Å². The molecular weight excluding hydrogens is 372 g/mol. The predicted molar refractivity (Wildman–Crippen MR) is 110 cm³/mol. The number of nitro benzene ring substituents is 1. The van der Waals surface area contributed by atoms with Crippen LogP contribution in [0.3, 0.4) is 0 Å². The van der Waals surface area contributed by atoms with Crippen LogP contribution in [0.25, 0.3) is 0 Å². The maximum Gasteiger partial charge on any atom is 0.293 e. The summed E-state index contributed by atoms with van der Waals surface area (Å²) in [5.41, 5.74) is 2.92. The van der Waals surface area contributed by atoms with Gasteiger partial charge in [-0.1, -0.05) is 18.2 Å². The molecule has 1 amide bonds. The van der Waals surface area contributed by atoms with Crippen LogP contribution in [0.4, 0.5) is 17.1 Å². The number of nitrogens with one attached hydrogen (secondary N) is 1. The molecule has 8 heteroatoms. The maximum atomic E-state index is 12.5. The zero-order valence-electron chi connectivity index (χ0n) is 16.2. The number of fused-ring (bicyclic) bond motifs is 1. The van der Waals surface area contributed by atoms with Crippen molar-refractivity contribution in [2.75, 3.05) is 50.8 Å². The van der Waals surface area contributed by atoms with Crippen LogP contribution < -0.4 is 10.2 Å². The Bertz CT molecular complexity index is 911. The number of amides is 1. The fourth-order valence-corrected chi connectivity index (χ4v) is 3.88. The van der Waals surface area contributed by atoms with E-state index in [9.17, 15) is 14.9 Å². The monoisotopic (exact) mass is 396 g/mol. The first-order valence-electron chi connectivity index (χ1n) is 9.85. The third kappa shape index (κ3) is 4.23. The minimum Gasteiger partial charge on any atom is -0.379 e. The Hall–Kier alpha value is -2.97. The number of carbonyl (C=O) groups is 1. The van der Waals surface area contributed by atoms with Gasteiger partial charge in [0.25, 0.3) is 11.6 Å². The van der Waals surface area contributed by atoms with Gasteiger partial charge in [-0.25, -0.2) is 0 Å². The van der Waals surface area contributed by atoms with Crippen molar-refractivity contribution < 1.29 is 14.5 Å². The lowest BCUT2D eigenvalue weighted by Crippen LogP contribution is -2.41. The van der Waals surface area contributed by atoms with Crippen LogP contribution in [0, 0.1) is 10.1 Å².